The fourth-order valence-electron chi connectivity index (χ4n) is 2.80. The number of rotatable bonds is 5. The Kier molecular flexibility index (Phi) is 5.41. The van der Waals surface area contributed by atoms with Crippen LogP contribution in [-0.4, -0.2) is 45.7 Å². The SMILES string of the molecule is CCc1nc([C@H]2CN(C(=O)CCc3ccc(C#N)cc3)CCO2)n[nH]1. The lowest BCUT2D eigenvalue weighted by Gasteiger charge is -2.31. The van der Waals surface area contributed by atoms with Crippen LogP contribution in [-0.2, 0) is 22.4 Å². The maximum atomic E-state index is 12.5. The van der Waals surface area contributed by atoms with Crippen LogP contribution in [0, 0.1) is 11.3 Å². The zero-order chi connectivity index (χ0) is 17.6. The van der Waals surface area contributed by atoms with E-state index in [0.717, 1.165) is 17.8 Å². The molecule has 1 aliphatic rings. The van der Waals surface area contributed by atoms with E-state index in [-0.39, 0.29) is 12.0 Å². The van der Waals surface area contributed by atoms with Crippen molar-refractivity contribution in [1.82, 2.24) is 20.1 Å². The number of hydrogen-bond donors (Lipinski definition) is 1. The number of aryl methyl sites for hydroxylation is 2. The molecule has 3 rings (SSSR count). The fourth-order valence-corrected chi connectivity index (χ4v) is 2.80. The monoisotopic (exact) mass is 339 g/mol. The van der Waals surface area contributed by atoms with Gasteiger partial charge in [0.2, 0.25) is 5.91 Å². The van der Waals surface area contributed by atoms with Gasteiger partial charge in [-0.3, -0.25) is 9.89 Å². The molecule has 1 fully saturated rings. The first kappa shape index (κ1) is 17.1. The number of H-pyrrole nitrogens is 1. The van der Waals surface area contributed by atoms with Gasteiger partial charge in [-0.15, -0.1) is 0 Å². The van der Waals surface area contributed by atoms with Gasteiger partial charge in [-0.2, -0.15) is 10.4 Å². The van der Waals surface area contributed by atoms with Crippen LogP contribution in [0.1, 0.15) is 42.2 Å². The number of carbonyl (C=O) groups is 1. The van der Waals surface area contributed by atoms with E-state index in [9.17, 15) is 4.79 Å². The molecule has 1 amide bonds. The van der Waals surface area contributed by atoms with Crippen molar-refractivity contribution < 1.29 is 9.53 Å². The van der Waals surface area contributed by atoms with E-state index in [1.807, 2.05) is 24.0 Å². The highest BCUT2D eigenvalue weighted by Crippen LogP contribution is 2.20. The minimum Gasteiger partial charge on any atom is -0.366 e. The summed E-state index contributed by atoms with van der Waals surface area (Å²) in [5.41, 5.74) is 1.68. The number of nitrogens with one attached hydrogen (secondary N) is 1. The minimum atomic E-state index is -0.274. The average molecular weight is 339 g/mol. The molecule has 2 aromatic rings. The predicted octanol–water partition coefficient (Wildman–Crippen LogP) is 1.77. The second-order valence-corrected chi connectivity index (χ2v) is 6.00. The van der Waals surface area contributed by atoms with Crippen molar-refractivity contribution in [2.24, 2.45) is 0 Å². The molecule has 0 bridgehead atoms. The van der Waals surface area contributed by atoms with Crippen molar-refractivity contribution in [3.63, 3.8) is 0 Å². The summed E-state index contributed by atoms with van der Waals surface area (Å²) in [6.07, 6.45) is 1.61. The summed E-state index contributed by atoms with van der Waals surface area (Å²) < 4.78 is 5.72. The Labute approximate surface area is 146 Å². The lowest BCUT2D eigenvalue weighted by atomic mass is 10.1. The van der Waals surface area contributed by atoms with Crippen molar-refractivity contribution in [3.8, 4) is 6.07 Å². The van der Waals surface area contributed by atoms with Gasteiger partial charge in [0.15, 0.2) is 5.82 Å². The van der Waals surface area contributed by atoms with E-state index in [1.165, 1.54) is 0 Å². The topological polar surface area (TPSA) is 94.9 Å². The van der Waals surface area contributed by atoms with Crippen LogP contribution < -0.4 is 0 Å². The predicted molar refractivity (Wildman–Crippen MR) is 90.5 cm³/mol. The third-order valence-electron chi connectivity index (χ3n) is 4.30. The molecular formula is C18H21N5O2. The molecule has 0 unspecified atom stereocenters. The van der Waals surface area contributed by atoms with E-state index in [2.05, 4.69) is 21.3 Å². The first-order chi connectivity index (χ1) is 12.2. The number of ether oxygens (including phenoxy) is 1. The van der Waals surface area contributed by atoms with Gasteiger partial charge in [0.25, 0.3) is 0 Å². The van der Waals surface area contributed by atoms with Gasteiger partial charge in [-0.05, 0) is 24.1 Å². The Hall–Kier alpha value is -2.72. The molecule has 2 heterocycles. The first-order valence-electron chi connectivity index (χ1n) is 8.49. The third kappa shape index (κ3) is 4.22. The van der Waals surface area contributed by atoms with Crippen LogP contribution >= 0.6 is 0 Å². The normalized spacial score (nSPS) is 17.3. The fraction of sp³-hybridized carbons (Fsp3) is 0.444. The molecule has 7 nitrogen and oxygen atoms in total. The molecule has 1 atom stereocenters. The van der Waals surface area contributed by atoms with Crippen LogP contribution in [0.3, 0.4) is 0 Å². The lowest BCUT2D eigenvalue weighted by Crippen LogP contribution is -2.42. The molecule has 25 heavy (non-hydrogen) atoms. The van der Waals surface area contributed by atoms with E-state index >= 15 is 0 Å². The van der Waals surface area contributed by atoms with E-state index < -0.39 is 0 Å². The van der Waals surface area contributed by atoms with Gasteiger partial charge >= 0.3 is 0 Å². The molecule has 130 valence electrons. The van der Waals surface area contributed by atoms with Crippen molar-refractivity contribution in [2.75, 3.05) is 19.7 Å². The van der Waals surface area contributed by atoms with Crippen LogP contribution in [0.4, 0.5) is 0 Å². The molecule has 0 spiro atoms. The summed E-state index contributed by atoms with van der Waals surface area (Å²) in [7, 11) is 0. The Morgan fingerprint density at radius 3 is 2.92 bits per heavy atom. The first-order valence-corrected chi connectivity index (χ1v) is 8.49. The summed E-state index contributed by atoms with van der Waals surface area (Å²) in [4.78, 5) is 18.7. The summed E-state index contributed by atoms with van der Waals surface area (Å²) in [6.45, 7) is 3.56. The molecule has 7 heteroatoms. The van der Waals surface area contributed by atoms with Crippen LogP contribution in [0.5, 0.6) is 0 Å². The molecule has 1 saturated heterocycles. The van der Waals surface area contributed by atoms with Crippen molar-refractivity contribution >= 4 is 5.91 Å². The largest absolute Gasteiger partial charge is 0.366 e. The minimum absolute atomic E-state index is 0.101. The summed E-state index contributed by atoms with van der Waals surface area (Å²) >= 11 is 0. The van der Waals surface area contributed by atoms with Crippen molar-refractivity contribution in [3.05, 3.63) is 47.0 Å². The number of aromatic amines is 1. The van der Waals surface area contributed by atoms with E-state index in [0.29, 0.717) is 43.9 Å². The highest BCUT2D eigenvalue weighted by Gasteiger charge is 2.27. The van der Waals surface area contributed by atoms with Crippen molar-refractivity contribution in [2.45, 2.75) is 32.3 Å². The molecule has 0 aliphatic carbocycles. The Bertz CT molecular complexity index is 763. The number of benzene rings is 1. The lowest BCUT2D eigenvalue weighted by molar-refractivity contribution is -0.139. The van der Waals surface area contributed by atoms with Crippen LogP contribution in [0.15, 0.2) is 24.3 Å². The molecule has 1 aromatic carbocycles. The number of carbonyl (C=O) groups excluding carboxylic acids is 1. The summed E-state index contributed by atoms with van der Waals surface area (Å²) in [5, 5.41) is 15.9. The summed E-state index contributed by atoms with van der Waals surface area (Å²) in [5.74, 6) is 1.54. The van der Waals surface area contributed by atoms with Crippen molar-refractivity contribution in [1.29, 1.82) is 5.26 Å². The van der Waals surface area contributed by atoms with Gasteiger partial charge < -0.3 is 9.64 Å². The quantitative estimate of drug-likeness (QED) is 0.896. The Morgan fingerprint density at radius 1 is 1.44 bits per heavy atom. The molecular weight excluding hydrogens is 318 g/mol. The Balaban J connectivity index is 1.55. The number of amides is 1. The summed E-state index contributed by atoms with van der Waals surface area (Å²) in [6, 6.07) is 9.44. The number of hydrogen-bond acceptors (Lipinski definition) is 5. The molecule has 1 N–H and O–H groups in total. The van der Waals surface area contributed by atoms with Crippen LogP contribution in [0.2, 0.25) is 0 Å². The number of aromatic nitrogens is 3. The molecule has 1 aromatic heterocycles. The molecule has 0 saturated carbocycles. The second kappa shape index (κ2) is 7.90. The zero-order valence-corrected chi connectivity index (χ0v) is 14.2. The van der Waals surface area contributed by atoms with Gasteiger partial charge in [0.05, 0.1) is 24.8 Å². The average Bonchev–Trinajstić information content (AvgIpc) is 3.16. The highest BCUT2D eigenvalue weighted by molar-refractivity contribution is 5.76. The van der Waals surface area contributed by atoms with Gasteiger partial charge in [-0.25, -0.2) is 4.98 Å². The maximum Gasteiger partial charge on any atom is 0.223 e. The third-order valence-corrected chi connectivity index (χ3v) is 4.30. The molecule has 1 aliphatic heterocycles. The van der Waals surface area contributed by atoms with Gasteiger partial charge in [-0.1, -0.05) is 19.1 Å². The van der Waals surface area contributed by atoms with Crippen LogP contribution in [0.25, 0.3) is 0 Å². The molecule has 0 radical (unpaired) electrons. The van der Waals surface area contributed by atoms with E-state index in [4.69, 9.17) is 10.00 Å². The number of morpholine rings is 1. The van der Waals surface area contributed by atoms with E-state index in [1.54, 1.807) is 12.1 Å². The highest BCUT2D eigenvalue weighted by atomic mass is 16.5. The zero-order valence-electron chi connectivity index (χ0n) is 14.2. The number of nitriles is 1. The standard InChI is InChI=1S/C18H21N5O2/c1-2-16-20-18(22-21-16)15-12-23(9-10-25-15)17(24)8-7-13-3-5-14(11-19)6-4-13/h3-6,15H,2,7-10,12H2,1H3,(H,20,21,22)/t15-/m1/s1. The maximum absolute atomic E-state index is 12.5. The smallest absolute Gasteiger partial charge is 0.223 e. The number of nitrogens with zero attached hydrogens (tertiary/aromatic N) is 4. The van der Waals surface area contributed by atoms with Gasteiger partial charge in [0, 0.05) is 19.4 Å². The second-order valence-electron chi connectivity index (χ2n) is 6.00. The van der Waals surface area contributed by atoms with Gasteiger partial charge in [0.1, 0.15) is 11.9 Å². The Morgan fingerprint density at radius 2 is 2.24 bits per heavy atom.